The first-order valence-corrected chi connectivity index (χ1v) is 6.52. The maximum absolute atomic E-state index is 6.44. The highest BCUT2D eigenvalue weighted by Crippen LogP contribution is 2.50. The molecule has 0 bridgehead atoms. The van der Waals surface area contributed by atoms with Crippen LogP contribution in [-0.4, -0.2) is 13.6 Å². The van der Waals surface area contributed by atoms with Crippen LogP contribution in [0.3, 0.4) is 0 Å². The lowest BCUT2D eigenvalue weighted by atomic mass is 9.63. The Morgan fingerprint density at radius 2 is 2.33 bits per heavy atom. The second-order valence-electron chi connectivity index (χ2n) is 4.69. The normalized spacial score (nSPS) is 21.0. The molecule has 1 unspecified atom stereocenters. The van der Waals surface area contributed by atoms with Crippen LogP contribution in [-0.2, 0) is 0 Å². The molecule has 0 amide bonds. The Kier molecular flexibility index (Phi) is 3.14. The summed E-state index contributed by atoms with van der Waals surface area (Å²) in [7, 11) is 2.02. The van der Waals surface area contributed by atoms with Gasteiger partial charge in [0, 0.05) is 22.9 Å². The van der Waals surface area contributed by atoms with Gasteiger partial charge in [0.1, 0.15) is 0 Å². The molecule has 1 aromatic heterocycles. The van der Waals surface area contributed by atoms with Crippen molar-refractivity contribution in [3.05, 3.63) is 21.9 Å². The van der Waals surface area contributed by atoms with Crippen molar-refractivity contribution in [2.45, 2.75) is 32.2 Å². The molecule has 1 atom stereocenters. The molecule has 1 aliphatic carbocycles. The second-order valence-corrected chi connectivity index (χ2v) is 5.64. The zero-order chi connectivity index (χ0) is 10.9. The summed E-state index contributed by atoms with van der Waals surface area (Å²) in [5.41, 5.74) is 8.12. The van der Waals surface area contributed by atoms with E-state index < -0.39 is 0 Å². The van der Waals surface area contributed by atoms with Crippen LogP contribution in [0.2, 0.25) is 0 Å². The van der Waals surface area contributed by atoms with Gasteiger partial charge >= 0.3 is 0 Å². The summed E-state index contributed by atoms with van der Waals surface area (Å²) in [6.45, 7) is 3.21. The van der Waals surface area contributed by atoms with Crippen molar-refractivity contribution >= 4 is 11.3 Å². The monoisotopic (exact) mass is 224 g/mol. The third-order valence-electron chi connectivity index (χ3n) is 3.72. The predicted octanol–water partition coefficient (Wildman–Crippen LogP) is 2.45. The first-order chi connectivity index (χ1) is 7.19. The van der Waals surface area contributed by atoms with Gasteiger partial charge in [0.05, 0.1) is 0 Å². The van der Waals surface area contributed by atoms with Crippen molar-refractivity contribution in [2.75, 3.05) is 13.6 Å². The molecule has 0 radical (unpaired) electrons. The quantitative estimate of drug-likeness (QED) is 0.824. The van der Waals surface area contributed by atoms with Gasteiger partial charge in [-0.3, -0.25) is 0 Å². The van der Waals surface area contributed by atoms with Crippen LogP contribution in [0.5, 0.6) is 0 Å². The van der Waals surface area contributed by atoms with Gasteiger partial charge in [-0.1, -0.05) is 6.42 Å². The topological polar surface area (TPSA) is 38.0 Å². The van der Waals surface area contributed by atoms with E-state index in [0.29, 0.717) is 5.41 Å². The van der Waals surface area contributed by atoms with E-state index in [-0.39, 0.29) is 6.04 Å². The molecule has 2 rings (SSSR count). The van der Waals surface area contributed by atoms with Crippen molar-refractivity contribution in [3.8, 4) is 0 Å². The first-order valence-electron chi connectivity index (χ1n) is 5.64. The molecule has 0 aromatic carbocycles. The van der Waals surface area contributed by atoms with Gasteiger partial charge in [0.25, 0.3) is 0 Å². The Hall–Kier alpha value is -0.380. The fourth-order valence-electron chi connectivity index (χ4n) is 2.56. The van der Waals surface area contributed by atoms with E-state index in [9.17, 15) is 0 Å². The molecule has 0 aliphatic heterocycles. The average molecular weight is 224 g/mol. The van der Waals surface area contributed by atoms with Crippen LogP contribution in [0.1, 0.15) is 35.7 Å². The minimum Gasteiger partial charge on any atom is -0.323 e. The molecule has 3 N–H and O–H groups in total. The van der Waals surface area contributed by atoms with Crippen LogP contribution in [0.15, 0.2) is 11.4 Å². The van der Waals surface area contributed by atoms with E-state index in [0.717, 1.165) is 6.54 Å². The number of hydrogen-bond donors (Lipinski definition) is 2. The van der Waals surface area contributed by atoms with Crippen LogP contribution in [0.25, 0.3) is 0 Å². The van der Waals surface area contributed by atoms with Gasteiger partial charge in [-0.25, -0.2) is 0 Å². The molecule has 1 saturated carbocycles. The van der Waals surface area contributed by atoms with Crippen LogP contribution in [0, 0.1) is 12.3 Å². The molecule has 2 nitrogen and oxygen atoms in total. The summed E-state index contributed by atoms with van der Waals surface area (Å²) in [4.78, 5) is 1.38. The van der Waals surface area contributed by atoms with Gasteiger partial charge in [-0.05, 0) is 43.8 Å². The highest BCUT2D eigenvalue weighted by atomic mass is 32.1. The Balaban J connectivity index is 2.19. The number of nitrogens with two attached hydrogens (primary N) is 1. The largest absolute Gasteiger partial charge is 0.323 e. The smallest absolute Gasteiger partial charge is 0.0461 e. The van der Waals surface area contributed by atoms with Crippen molar-refractivity contribution < 1.29 is 0 Å². The van der Waals surface area contributed by atoms with E-state index in [1.807, 2.05) is 7.05 Å². The molecule has 84 valence electrons. The Morgan fingerprint density at radius 1 is 1.60 bits per heavy atom. The molecule has 1 aromatic rings. The highest BCUT2D eigenvalue weighted by molar-refractivity contribution is 7.10. The van der Waals surface area contributed by atoms with E-state index in [4.69, 9.17) is 5.73 Å². The summed E-state index contributed by atoms with van der Waals surface area (Å²) in [6.07, 6.45) is 3.87. The van der Waals surface area contributed by atoms with Crippen molar-refractivity contribution in [1.82, 2.24) is 5.32 Å². The molecule has 0 saturated heterocycles. The summed E-state index contributed by atoms with van der Waals surface area (Å²) in [5.74, 6) is 0. The summed E-state index contributed by atoms with van der Waals surface area (Å²) in [6, 6.07) is 2.39. The van der Waals surface area contributed by atoms with Gasteiger partial charge in [0.15, 0.2) is 0 Å². The lowest BCUT2D eigenvalue weighted by Crippen LogP contribution is -2.46. The third-order valence-corrected chi connectivity index (χ3v) is 4.82. The molecule has 1 heterocycles. The van der Waals surface area contributed by atoms with Gasteiger partial charge in [0.2, 0.25) is 0 Å². The maximum atomic E-state index is 6.44. The average Bonchev–Trinajstić information content (AvgIpc) is 2.57. The Labute approximate surface area is 95.9 Å². The number of hydrogen-bond acceptors (Lipinski definition) is 3. The van der Waals surface area contributed by atoms with Crippen LogP contribution in [0.4, 0.5) is 0 Å². The lowest BCUT2D eigenvalue weighted by Gasteiger charge is -2.46. The molecular weight excluding hydrogens is 204 g/mol. The summed E-state index contributed by atoms with van der Waals surface area (Å²) < 4.78 is 0. The van der Waals surface area contributed by atoms with E-state index in [1.54, 1.807) is 11.3 Å². The van der Waals surface area contributed by atoms with E-state index >= 15 is 0 Å². The SMILES string of the molecule is CNCC1(C(N)c2sccc2C)CCC1. The zero-order valence-corrected chi connectivity index (χ0v) is 10.4. The number of thiophene rings is 1. The van der Waals surface area contributed by atoms with Gasteiger partial charge in [-0.2, -0.15) is 0 Å². The third kappa shape index (κ3) is 1.84. The predicted molar refractivity (Wildman–Crippen MR) is 66.2 cm³/mol. The molecule has 0 spiro atoms. The second kappa shape index (κ2) is 4.24. The standard InChI is InChI=1S/C12H20N2S/c1-9-4-7-15-10(9)11(13)12(8-14-2)5-3-6-12/h4,7,11,14H,3,5-6,8,13H2,1-2H3. The molecule has 1 aliphatic rings. The van der Waals surface area contributed by atoms with E-state index in [1.165, 1.54) is 29.7 Å². The molecular formula is C12H20N2S. The van der Waals surface area contributed by atoms with Gasteiger partial charge in [-0.15, -0.1) is 11.3 Å². The van der Waals surface area contributed by atoms with Crippen molar-refractivity contribution in [3.63, 3.8) is 0 Å². The van der Waals surface area contributed by atoms with Crippen molar-refractivity contribution in [2.24, 2.45) is 11.1 Å². The molecule has 15 heavy (non-hydrogen) atoms. The highest BCUT2D eigenvalue weighted by Gasteiger charge is 2.43. The van der Waals surface area contributed by atoms with E-state index in [2.05, 4.69) is 23.7 Å². The molecule has 3 heteroatoms. The zero-order valence-electron chi connectivity index (χ0n) is 9.55. The summed E-state index contributed by atoms with van der Waals surface area (Å²) >= 11 is 1.81. The number of rotatable bonds is 4. The fourth-order valence-corrected chi connectivity index (χ4v) is 3.63. The Morgan fingerprint density at radius 3 is 2.73 bits per heavy atom. The number of aryl methyl sites for hydroxylation is 1. The minimum absolute atomic E-state index is 0.221. The van der Waals surface area contributed by atoms with Crippen LogP contribution < -0.4 is 11.1 Å². The summed E-state index contributed by atoms with van der Waals surface area (Å²) in [5, 5.41) is 5.45. The lowest BCUT2D eigenvalue weighted by molar-refractivity contribution is 0.0961. The number of nitrogens with one attached hydrogen (secondary N) is 1. The maximum Gasteiger partial charge on any atom is 0.0461 e. The minimum atomic E-state index is 0.221. The first kappa shape index (κ1) is 11.1. The Bertz CT molecular complexity index is 328. The fraction of sp³-hybridized carbons (Fsp3) is 0.667. The van der Waals surface area contributed by atoms with Gasteiger partial charge < -0.3 is 11.1 Å². The van der Waals surface area contributed by atoms with Crippen LogP contribution >= 0.6 is 11.3 Å². The molecule has 1 fully saturated rings. The van der Waals surface area contributed by atoms with Crippen molar-refractivity contribution in [1.29, 1.82) is 0 Å².